The maximum absolute atomic E-state index is 13.7. The summed E-state index contributed by atoms with van der Waals surface area (Å²) < 4.78 is 13.7. The minimum absolute atomic E-state index is 0.160. The van der Waals surface area contributed by atoms with E-state index in [2.05, 4.69) is 15.5 Å². The van der Waals surface area contributed by atoms with E-state index in [0.717, 1.165) is 17.4 Å². The number of carbonyl (C=O) groups excluding carboxylic acids is 1. The van der Waals surface area contributed by atoms with E-state index in [4.69, 9.17) is 23.2 Å². The van der Waals surface area contributed by atoms with Crippen molar-refractivity contribution in [3.8, 4) is 10.6 Å². The Morgan fingerprint density at radius 1 is 1.13 bits per heavy atom. The van der Waals surface area contributed by atoms with Gasteiger partial charge in [-0.25, -0.2) is 4.39 Å². The average molecular weight is 368 g/mol. The molecule has 1 heterocycles. The van der Waals surface area contributed by atoms with Crippen molar-refractivity contribution < 1.29 is 9.18 Å². The highest BCUT2D eigenvalue weighted by Gasteiger charge is 2.16. The zero-order valence-corrected chi connectivity index (χ0v) is 13.7. The molecule has 116 valence electrons. The van der Waals surface area contributed by atoms with E-state index in [-0.39, 0.29) is 15.7 Å². The molecule has 1 aromatic heterocycles. The first-order valence-corrected chi connectivity index (χ1v) is 7.96. The van der Waals surface area contributed by atoms with E-state index in [1.165, 1.54) is 12.1 Å². The Kier molecular flexibility index (Phi) is 4.56. The number of nitrogens with zero attached hydrogens (tertiary/aromatic N) is 2. The Hall–Kier alpha value is -2.02. The van der Waals surface area contributed by atoms with Crippen molar-refractivity contribution in [1.29, 1.82) is 0 Å². The molecule has 0 saturated carbocycles. The lowest BCUT2D eigenvalue weighted by Crippen LogP contribution is -2.13. The van der Waals surface area contributed by atoms with Crippen LogP contribution in [-0.4, -0.2) is 16.1 Å². The molecule has 23 heavy (non-hydrogen) atoms. The molecular formula is C15H8Cl2FN3OS. The highest BCUT2D eigenvalue weighted by Crippen LogP contribution is 2.31. The van der Waals surface area contributed by atoms with Crippen molar-refractivity contribution in [2.75, 3.05) is 5.32 Å². The maximum Gasteiger partial charge on any atom is 0.260 e. The molecule has 0 fully saturated rings. The van der Waals surface area contributed by atoms with E-state index in [9.17, 15) is 9.18 Å². The van der Waals surface area contributed by atoms with Gasteiger partial charge < -0.3 is 0 Å². The first kappa shape index (κ1) is 15.9. The minimum atomic E-state index is -0.664. The number of aromatic nitrogens is 2. The molecule has 0 aliphatic carbocycles. The summed E-state index contributed by atoms with van der Waals surface area (Å²) in [6.45, 7) is 0. The van der Waals surface area contributed by atoms with Gasteiger partial charge in [0, 0.05) is 10.6 Å². The fourth-order valence-electron chi connectivity index (χ4n) is 1.85. The third-order valence-corrected chi connectivity index (χ3v) is 4.36. The second-order valence-electron chi connectivity index (χ2n) is 4.47. The van der Waals surface area contributed by atoms with Crippen LogP contribution < -0.4 is 5.32 Å². The zero-order chi connectivity index (χ0) is 16.4. The van der Waals surface area contributed by atoms with Gasteiger partial charge in [0.1, 0.15) is 5.82 Å². The maximum atomic E-state index is 13.7. The molecule has 4 nitrogen and oxygen atoms in total. The minimum Gasteiger partial charge on any atom is -0.296 e. The van der Waals surface area contributed by atoms with Gasteiger partial charge in [0.05, 0.1) is 10.6 Å². The Balaban J connectivity index is 1.83. The number of rotatable bonds is 3. The lowest BCUT2D eigenvalue weighted by molar-refractivity contribution is 0.102. The van der Waals surface area contributed by atoms with Crippen LogP contribution in [0, 0.1) is 5.82 Å². The number of amides is 1. The van der Waals surface area contributed by atoms with Crippen LogP contribution in [0.3, 0.4) is 0 Å². The van der Waals surface area contributed by atoms with Crippen molar-refractivity contribution in [1.82, 2.24) is 10.2 Å². The highest BCUT2D eigenvalue weighted by molar-refractivity contribution is 7.18. The summed E-state index contributed by atoms with van der Waals surface area (Å²) in [6, 6.07) is 10.9. The summed E-state index contributed by atoms with van der Waals surface area (Å²) >= 11 is 13.0. The summed E-state index contributed by atoms with van der Waals surface area (Å²) in [5, 5.41) is 11.9. The highest BCUT2D eigenvalue weighted by atomic mass is 35.5. The van der Waals surface area contributed by atoms with Crippen LogP contribution >= 0.6 is 34.5 Å². The van der Waals surface area contributed by atoms with Gasteiger partial charge >= 0.3 is 0 Å². The third-order valence-electron chi connectivity index (χ3n) is 2.92. The normalized spacial score (nSPS) is 10.6. The lowest BCUT2D eigenvalue weighted by atomic mass is 10.2. The predicted octanol–water partition coefficient (Wildman–Crippen LogP) is 4.90. The van der Waals surface area contributed by atoms with Gasteiger partial charge in [-0.2, -0.15) is 0 Å². The van der Waals surface area contributed by atoms with Crippen LogP contribution in [0.5, 0.6) is 0 Å². The van der Waals surface area contributed by atoms with Gasteiger partial charge in [0.25, 0.3) is 5.91 Å². The van der Waals surface area contributed by atoms with Crippen LogP contribution in [0.15, 0.2) is 42.5 Å². The van der Waals surface area contributed by atoms with Gasteiger partial charge in [0.15, 0.2) is 5.01 Å². The van der Waals surface area contributed by atoms with Gasteiger partial charge in [-0.1, -0.05) is 52.7 Å². The standard InChI is InChI=1S/C15H8Cl2FN3OS/c16-8-5-6-12(18)10(7-8)13(22)19-15-21-20-14(23-15)9-3-1-2-4-11(9)17/h1-7H,(H,19,21,22). The van der Waals surface area contributed by atoms with Crippen molar-refractivity contribution in [3.63, 3.8) is 0 Å². The molecule has 1 amide bonds. The lowest BCUT2D eigenvalue weighted by Gasteiger charge is -2.03. The number of halogens is 3. The molecule has 3 aromatic rings. The topological polar surface area (TPSA) is 54.9 Å². The summed E-state index contributed by atoms with van der Waals surface area (Å²) in [7, 11) is 0. The smallest absolute Gasteiger partial charge is 0.260 e. The molecule has 0 unspecified atom stereocenters. The largest absolute Gasteiger partial charge is 0.296 e. The third kappa shape index (κ3) is 3.50. The molecular weight excluding hydrogens is 360 g/mol. The number of nitrogens with one attached hydrogen (secondary N) is 1. The SMILES string of the molecule is O=C(Nc1nnc(-c2ccccc2Cl)s1)c1cc(Cl)ccc1F. The molecule has 1 N–H and O–H groups in total. The van der Waals surface area contributed by atoms with Gasteiger partial charge in [-0.3, -0.25) is 10.1 Å². The van der Waals surface area contributed by atoms with Crippen LogP contribution in [0.4, 0.5) is 9.52 Å². The van der Waals surface area contributed by atoms with Crippen LogP contribution in [0.2, 0.25) is 10.0 Å². The molecule has 0 bridgehead atoms. The fraction of sp³-hybridized carbons (Fsp3) is 0. The quantitative estimate of drug-likeness (QED) is 0.715. The van der Waals surface area contributed by atoms with Crippen molar-refractivity contribution in [2.24, 2.45) is 0 Å². The molecule has 0 radical (unpaired) electrons. The Labute approximate surface area is 144 Å². The molecule has 2 aromatic carbocycles. The van der Waals surface area contributed by atoms with Crippen LogP contribution in [0.1, 0.15) is 10.4 Å². The van der Waals surface area contributed by atoms with Crippen LogP contribution in [0.25, 0.3) is 10.6 Å². The molecule has 3 rings (SSSR count). The predicted molar refractivity (Wildman–Crippen MR) is 89.7 cm³/mol. The van der Waals surface area contributed by atoms with E-state index in [0.29, 0.717) is 15.6 Å². The van der Waals surface area contributed by atoms with Crippen molar-refractivity contribution in [2.45, 2.75) is 0 Å². The van der Waals surface area contributed by atoms with Crippen LogP contribution in [-0.2, 0) is 0 Å². The zero-order valence-electron chi connectivity index (χ0n) is 11.4. The molecule has 0 spiro atoms. The van der Waals surface area contributed by atoms with Crippen molar-refractivity contribution in [3.05, 3.63) is 63.9 Å². The molecule has 0 aliphatic heterocycles. The Morgan fingerprint density at radius 3 is 2.70 bits per heavy atom. The van der Waals surface area contributed by atoms with E-state index < -0.39 is 11.7 Å². The number of hydrogen-bond donors (Lipinski definition) is 1. The Bertz CT molecular complexity index is 885. The van der Waals surface area contributed by atoms with E-state index >= 15 is 0 Å². The summed E-state index contributed by atoms with van der Waals surface area (Å²) in [5.41, 5.74) is 0.549. The van der Waals surface area contributed by atoms with E-state index in [1.54, 1.807) is 18.2 Å². The van der Waals surface area contributed by atoms with Gasteiger partial charge in [-0.15, -0.1) is 10.2 Å². The molecule has 0 aliphatic rings. The summed E-state index contributed by atoms with van der Waals surface area (Å²) in [5.74, 6) is -1.31. The molecule has 0 saturated heterocycles. The first-order valence-electron chi connectivity index (χ1n) is 6.39. The fourth-order valence-corrected chi connectivity index (χ4v) is 3.08. The average Bonchev–Trinajstić information content (AvgIpc) is 2.98. The second-order valence-corrected chi connectivity index (χ2v) is 6.29. The second kappa shape index (κ2) is 6.62. The Morgan fingerprint density at radius 2 is 1.91 bits per heavy atom. The monoisotopic (exact) mass is 367 g/mol. The number of anilines is 1. The van der Waals surface area contributed by atoms with Gasteiger partial charge in [-0.05, 0) is 24.3 Å². The van der Waals surface area contributed by atoms with E-state index in [1.807, 2.05) is 6.07 Å². The number of hydrogen-bond acceptors (Lipinski definition) is 4. The molecule has 8 heteroatoms. The van der Waals surface area contributed by atoms with Gasteiger partial charge in [0.2, 0.25) is 5.13 Å². The first-order chi connectivity index (χ1) is 11.0. The molecule has 0 atom stereocenters. The number of benzene rings is 2. The summed E-state index contributed by atoms with van der Waals surface area (Å²) in [4.78, 5) is 12.1. The number of carbonyl (C=O) groups is 1. The summed E-state index contributed by atoms with van der Waals surface area (Å²) in [6.07, 6.45) is 0. The van der Waals surface area contributed by atoms with Crippen molar-refractivity contribution >= 4 is 45.6 Å².